The van der Waals surface area contributed by atoms with Crippen LogP contribution in [0.15, 0.2) is 73.1 Å². The van der Waals surface area contributed by atoms with Gasteiger partial charge < -0.3 is 39.0 Å². The van der Waals surface area contributed by atoms with Crippen LogP contribution in [0.3, 0.4) is 0 Å². The third kappa shape index (κ3) is 9.90. The fourth-order valence-electron chi connectivity index (χ4n) is 9.89. The number of phenolic OH excluding ortho intramolecular Hbond substituents is 1. The molecule has 0 aliphatic carbocycles. The lowest BCUT2D eigenvalue weighted by Gasteiger charge is -2.42. The fourth-order valence-corrected chi connectivity index (χ4v) is 15.1. The Morgan fingerprint density at radius 3 is 1.40 bits per heavy atom. The standard InChI is InChI=1S/C32H41FN2O5Si.C23H21FN2O5/c1-18(2)41(19(3)4,20(5)6)40-29-26-25(17-35(9)30(26)36)28(39-32(7,8)31(37)38)24-15-22(16-34-27(24)29)14-21-10-12-23(33)13-11-21;1-23(2,22(29)30)31-20-15-9-13(8-12-4-6-14(24)7-5-12)10-25-18(15)19(27)17-16(20)11-26(3)21(17)28/h10-13,15-16,18-20H,14,17H2,1-9H3,(H,37,38);4-7,9-10,27H,8,11H2,1-3H3,(H,29,30). The van der Waals surface area contributed by atoms with E-state index in [0.717, 1.165) is 22.3 Å². The first-order valence-corrected chi connectivity index (χ1v) is 26.0. The molecule has 72 heavy (non-hydrogen) atoms. The number of pyridine rings is 2. The molecule has 0 atom stereocenters. The number of aromatic hydroxyl groups is 1. The number of carboxylic acid groups (broad SMARTS) is 2. The molecule has 17 heteroatoms. The van der Waals surface area contributed by atoms with E-state index in [2.05, 4.69) is 46.5 Å². The van der Waals surface area contributed by atoms with Crippen molar-refractivity contribution >= 4 is 53.9 Å². The number of benzene rings is 4. The highest BCUT2D eigenvalue weighted by Gasteiger charge is 2.49. The number of hydrogen-bond acceptors (Lipinski definition) is 10. The van der Waals surface area contributed by atoms with Crippen LogP contribution >= 0.6 is 0 Å². The molecule has 4 heterocycles. The lowest BCUT2D eigenvalue weighted by atomic mass is 9.99. The average Bonchev–Trinajstić information content (AvgIpc) is 3.78. The number of halogens is 2. The number of amides is 2. The minimum Gasteiger partial charge on any atom is -0.541 e. The highest BCUT2D eigenvalue weighted by molar-refractivity contribution is 6.78. The molecule has 0 spiro atoms. The minimum absolute atomic E-state index is 0.0740. The molecule has 2 aliphatic rings. The largest absolute Gasteiger partial charge is 0.541 e. The van der Waals surface area contributed by atoms with Gasteiger partial charge in [-0.05, 0) is 116 Å². The first-order chi connectivity index (χ1) is 33.7. The molecule has 0 fully saturated rings. The van der Waals surface area contributed by atoms with Crippen LogP contribution < -0.4 is 13.9 Å². The predicted octanol–water partition coefficient (Wildman–Crippen LogP) is 10.8. The molecular weight excluding hydrogens is 943 g/mol. The molecule has 0 saturated carbocycles. The molecule has 3 N–H and O–H groups in total. The van der Waals surface area contributed by atoms with Crippen LogP contribution in [0.5, 0.6) is 23.0 Å². The number of carbonyl (C=O) groups is 4. The highest BCUT2D eigenvalue weighted by atomic mass is 28.4. The van der Waals surface area contributed by atoms with Crippen LogP contribution in [0, 0.1) is 11.6 Å². The van der Waals surface area contributed by atoms with Crippen molar-refractivity contribution in [2.45, 2.75) is 123 Å². The summed E-state index contributed by atoms with van der Waals surface area (Å²) in [5, 5.41) is 31.3. The number of aliphatic carboxylic acids is 2. The van der Waals surface area contributed by atoms with E-state index in [1.54, 1.807) is 61.7 Å². The van der Waals surface area contributed by atoms with E-state index in [-0.39, 0.29) is 75.7 Å². The number of carboxylic acids is 2. The number of aromatic nitrogens is 2. The Bertz CT molecular complexity index is 3100. The molecule has 8 rings (SSSR count). The van der Waals surface area contributed by atoms with E-state index in [1.807, 2.05) is 6.07 Å². The van der Waals surface area contributed by atoms with Gasteiger partial charge in [0.05, 0.1) is 24.2 Å². The van der Waals surface area contributed by atoms with Gasteiger partial charge in [-0.15, -0.1) is 0 Å². The maximum atomic E-state index is 13.7. The van der Waals surface area contributed by atoms with Gasteiger partial charge >= 0.3 is 11.9 Å². The highest BCUT2D eigenvalue weighted by Crippen LogP contribution is 2.51. The molecule has 0 bridgehead atoms. The molecule has 2 amide bonds. The summed E-state index contributed by atoms with van der Waals surface area (Å²) in [7, 11) is 0.783. The second kappa shape index (κ2) is 19.8. The van der Waals surface area contributed by atoms with E-state index in [9.17, 15) is 43.3 Å². The summed E-state index contributed by atoms with van der Waals surface area (Å²) in [5.74, 6) is -2.79. The predicted molar refractivity (Wildman–Crippen MR) is 272 cm³/mol. The van der Waals surface area contributed by atoms with Crippen molar-refractivity contribution in [2.75, 3.05) is 14.1 Å². The lowest BCUT2D eigenvalue weighted by molar-refractivity contribution is -0.152. The van der Waals surface area contributed by atoms with Gasteiger partial charge in [0, 0.05) is 48.4 Å². The Morgan fingerprint density at radius 2 is 1.00 bits per heavy atom. The van der Waals surface area contributed by atoms with Crippen LogP contribution in [-0.2, 0) is 35.5 Å². The monoisotopic (exact) mass is 1000 g/mol. The number of phenols is 1. The van der Waals surface area contributed by atoms with Crippen LogP contribution in [0.1, 0.15) is 123 Å². The Kier molecular flexibility index (Phi) is 14.5. The summed E-state index contributed by atoms with van der Waals surface area (Å²) in [6.45, 7) is 19.3. The fraction of sp³-hybridized carbons (Fsp3) is 0.382. The van der Waals surface area contributed by atoms with Crippen LogP contribution in [-0.4, -0.2) is 92.5 Å². The topological polar surface area (TPSA) is 189 Å². The van der Waals surface area contributed by atoms with E-state index in [0.29, 0.717) is 57.3 Å². The van der Waals surface area contributed by atoms with Crippen molar-refractivity contribution in [2.24, 2.45) is 0 Å². The maximum absolute atomic E-state index is 13.7. The van der Waals surface area contributed by atoms with E-state index >= 15 is 0 Å². The molecule has 14 nitrogen and oxygen atoms in total. The molecular formula is C55H62F2N4O10Si. The summed E-state index contributed by atoms with van der Waals surface area (Å²) < 4.78 is 46.1. The summed E-state index contributed by atoms with van der Waals surface area (Å²) in [4.78, 5) is 62.3. The van der Waals surface area contributed by atoms with Crippen LogP contribution in [0.2, 0.25) is 16.6 Å². The summed E-state index contributed by atoms with van der Waals surface area (Å²) in [6.07, 6.45) is 4.23. The van der Waals surface area contributed by atoms with Crippen molar-refractivity contribution in [1.29, 1.82) is 0 Å². The van der Waals surface area contributed by atoms with Gasteiger partial charge in [-0.1, -0.05) is 65.8 Å². The van der Waals surface area contributed by atoms with Crippen LogP contribution in [0.4, 0.5) is 8.78 Å². The van der Waals surface area contributed by atoms with Gasteiger partial charge in [0.25, 0.3) is 20.1 Å². The number of fused-ring (bicyclic) bond motifs is 4. The smallest absolute Gasteiger partial charge is 0.347 e. The molecule has 0 unspecified atom stereocenters. The van der Waals surface area contributed by atoms with Gasteiger partial charge in [-0.3, -0.25) is 19.6 Å². The minimum atomic E-state index is -2.52. The summed E-state index contributed by atoms with van der Waals surface area (Å²) in [5.41, 5.74) is 3.11. The third-order valence-electron chi connectivity index (χ3n) is 13.7. The molecule has 380 valence electrons. The number of nitrogens with zero attached hydrogens (tertiary/aromatic N) is 4. The normalized spacial score (nSPS) is 13.8. The average molecular weight is 1010 g/mol. The first kappa shape index (κ1) is 52.7. The molecule has 0 saturated heterocycles. The lowest BCUT2D eigenvalue weighted by Crippen LogP contribution is -2.51. The van der Waals surface area contributed by atoms with E-state index in [1.165, 1.54) is 56.9 Å². The van der Waals surface area contributed by atoms with Gasteiger partial charge in [-0.2, -0.15) is 0 Å². The zero-order chi connectivity index (χ0) is 52.9. The van der Waals surface area contributed by atoms with Gasteiger partial charge in [0.2, 0.25) is 0 Å². The van der Waals surface area contributed by atoms with E-state index in [4.69, 9.17) is 18.9 Å². The number of hydrogen-bond donors (Lipinski definition) is 3. The van der Waals surface area contributed by atoms with Crippen molar-refractivity contribution < 1.29 is 57.2 Å². The van der Waals surface area contributed by atoms with Gasteiger partial charge in [-0.25, -0.2) is 18.4 Å². The number of rotatable bonds is 15. The number of ether oxygens (including phenoxy) is 2. The Labute approximate surface area is 418 Å². The van der Waals surface area contributed by atoms with Crippen molar-refractivity contribution in [3.63, 3.8) is 0 Å². The first-order valence-electron chi connectivity index (χ1n) is 23.9. The third-order valence-corrected chi connectivity index (χ3v) is 19.7. The van der Waals surface area contributed by atoms with Crippen molar-refractivity contribution in [3.05, 3.63) is 129 Å². The second-order valence-electron chi connectivity index (χ2n) is 20.7. The molecule has 4 aromatic carbocycles. The molecule has 2 aliphatic heterocycles. The Morgan fingerprint density at radius 1 is 0.625 bits per heavy atom. The van der Waals surface area contributed by atoms with Gasteiger partial charge in [0.15, 0.2) is 17.0 Å². The Balaban J connectivity index is 0.000000219. The number of carbonyl (C=O) groups excluding carboxylic acids is 2. The quantitative estimate of drug-likeness (QED) is 0.0827. The summed E-state index contributed by atoms with van der Waals surface area (Å²) in [6, 6.07) is 16.0. The van der Waals surface area contributed by atoms with Gasteiger partial charge in [0.1, 0.15) is 39.9 Å². The maximum Gasteiger partial charge on any atom is 0.347 e. The molecule has 2 aromatic heterocycles. The van der Waals surface area contributed by atoms with Crippen molar-refractivity contribution in [1.82, 2.24) is 19.8 Å². The SMILES string of the molecule is CC(C)[Si](Oc1c2c(c(OC(C)(C)C(=O)O)c3cc(Cc4ccc(F)cc4)cnc13)CN(C)C2=O)(C(C)C)C(C)C.CN1Cc2c(c(O)c3ncc(Cc4ccc(F)cc4)cc3c2OC(C)(C)C(=O)O)C1=O. The van der Waals surface area contributed by atoms with E-state index < -0.39 is 31.5 Å². The zero-order valence-electron chi connectivity index (χ0n) is 42.7. The van der Waals surface area contributed by atoms with Crippen LogP contribution in [0.25, 0.3) is 21.8 Å². The zero-order valence-corrected chi connectivity index (χ0v) is 43.7. The molecule has 6 aromatic rings. The molecule has 0 radical (unpaired) electrons. The Hall–Kier alpha value is -7.14. The van der Waals surface area contributed by atoms with Crippen molar-refractivity contribution in [3.8, 4) is 23.0 Å². The summed E-state index contributed by atoms with van der Waals surface area (Å²) >= 11 is 0. The second-order valence-corrected chi connectivity index (χ2v) is 26.1.